The molecule has 0 aromatic carbocycles. The third-order valence-corrected chi connectivity index (χ3v) is 2.89. The number of rotatable bonds is 0. The molecule has 1 N–H and O–H groups in total. The van der Waals surface area contributed by atoms with E-state index in [0.29, 0.717) is 12.1 Å². The zero-order valence-electron chi connectivity index (χ0n) is 7.39. The van der Waals surface area contributed by atoms with Crippen molar-refractivity contribution in [3.8, 4) is 0 Å². The molecule has 2 heterocycles. The summed E-state index contributed by atoms with van der Waals surface area (Å²) in [5.41, 5.74) is 0.148. The molecule has 2 nitrogen and oxygen atoms in total. The molecule has 2 fully saturated rings. The van der Waals surface area contributed by atoms with Crippen LogP contribution in [0, 0.1) is 0 Å². The van der Waals surface area contributed by atoms with Crippen LogP contribution in [0.5, 0.6) is 0 Å². The summed E-state index contributed by atoms with van der Waals surface area (Å²) < 4.78 is 5.92. The Morgan fingerprint density at radius 1 is 1.55 bits per heavy atom. The Kier molecular flexibility index (Phi) is 1.69. The second kappa shape index (κ2) is 2.46. The van der Waals surface area contributed by atoms with Crippen LogP contribution >= 0.6 is 0 Å². The van der Waals surface area contributed by atoms with Crippen molar-refractivity contribution in [2.75, 3.05) is 6.54 Å². The molecule has 0 spiro atoms. The lowest BCUT2D eigenvalue weighted by atomic mass is 9.98. The van der Waals surface area contributed by atoms with Gasteiger partial charge in [-0.1, -0.05) is 0 Å². The van der Waals surface area contributed by atoms with E-state index in [2.05, 4.69) is 19.2 Å². The lowest BCUT2D eigenvalue weighted by Crippen LogP contribution is -2.38. The van der Waals surface area contributed by atoms with Crippen molar-refractivity contribution in [1.82, 2.24) is 5.32 Å². The lowest BCUT2D eigenvalue weighted by Gasteiger charge is -2.22. The van der Waals surface area contributed by atoms with Crippen molar-refractivity contribution in [2.45, 2.75) is 50.9 Å². The van der Waals surface area contributed by atoms with Crippen molar-refractivity contribution < 1.29 is 4.74 Å². The van der Waals surface area contributed by atoms with Crippen LogP contribution < -0.4 is 5.32 Å². The Hall–Kier alpha value is -0.0800. The molecule has 0 aromatic rings. The van der Waals surface area contributed by atoms with Crippen molar-refractivity contribution >= 4 is 0 Å². The molecule has 3 unspecified atom stereocenters. The molecule has 2 heteroatoms. The highest BCUT2D eigenvalue weighted by Crippen LogP contribution is 2.33. The predicted octanol–water partition coefficient (Wildman–Crippen LogP) is 1.31. The van der Waals surface area contributed by atoms with E-state index in [0.717, 1.165) is 6.54 Å². The van der Waals surface area contributed by atoms with Gasteiger partial charge in [0.05, 0.1) is 11.7 Å². The molecular formula is C9H17NO. The highest BCUT2D eigenvalue weighted by atomic mass is 16.5. The van der Waals surface area contributed by atoms with Crippen LogP contribution in [0.1, 0.15) is 33.1 Å². The van der Waals surface area contributed by atoms with Crippen LogP contribution in [-0.2, 0) is 4.74 Å². The van der Waals surface area contributed by atoms with Crippen LogP contribution in [0.25, 0.3) is 0 Å². The highest BCUT2D eigenvalue weighted by Gasteiger charge is 2.38. The predicted molar refractivity (Wildman–Crippen MR) is 44.6 cm³/mol. The Balaban J connectivity index is 2.08. The van der Waals surface area contributed by atoms with Gasteiger partial charge in [-0.25, -0.2) is 0 Å². The monoisotopic (exact) mass is 155 g/mol. The molecule has 2 saturated heterocycles. The Labute approximate surface area is 68.3 Å². The first-order valence-electron chi connectivity index (χ1n) is 4.59. The minimum Gasteiger partial charge on any atom is -0.371 e. The maximum absolute atomic E-state index is 5.92. The fraction of sp³-hybridized carbons (Fsp3) is 1.00. The van der Waals surface area contributed by atoms with Gasteiger partial charge in [0.2, 0.25) is 0 Å². The molecule has 2 bridgehead atoms. The zero-order valence-corrected chi connectivity index (χ0v) is 7.39. The summed E-state index contributed by atoms with van der Waals surface area (Å²) >= 11 is 0. The van der Waals surface area contributed by atoms with Crippen LogP contribution in [0.4, 0.5) is 0 Å². The van der Waals surface area contributed by atoms with E-state index in [1.54, 1.807) is 0 Å². The van der Waals surface area contributed by atoms with Gasteiger partial charge in [0.25, 0.3) is 0 Å². The van der Waals surface area contributed by atoms with Crippen molar-refractivity contribution in [1.29, 1.82) is 0 Å². The van der Waals surface area contributed by atoms with Crippen molar-refractivity contribution in [3.05, 3.63) is 0 Å². The zero-order chi connectivity index (χ0) is 7.90. The van der Waals surface area contributed by atoms with Gasteiger partial charge in [-0.15, -0.1) is 0 Å². The number of hydrogen-bond donors (Lipinski definition) is 1. The van der Waals surface area contributed by atoms with Crippen LogP contribution in [0.2, 0.25) is 0 Å². The van der Waals surface area contributed by atoms with Gasteiger partial charge in [0, 0.05) is 12.6 Å². The first-order chi connectivity index (χ1) is 5.18. The van der Waals surface area contributed by atoms with Crippen molar-refractivity contribution in [3.63, 3.8) is 0 Å². The molecule has 2 aliphatic rings. The van der Waals surface area contributed by atoms with Gasteiger partial charge in [0.15, 0.2) is 0 Å². The first kappa shape index (κ1) is 7.56. The third-order valence-electron chi connectivity index (χ3n) is 2.89. The molecule has 0 amide bonds. The van der Waals surface area contributed by atoms with E-state index < -0.39 is 0 Å². The topological polar surface area (TPSA) is 21.3 Å². The third kappa shape index (κ3) is 1.42. The van der Waals surface area contributed by atoms with Gasteiger partial charge >= 0.3 is 0 Å². The SMILES string of the molecule is CC1CC2CCC(C)(CN1)O2. The van der Waals surface area contributed by atoms with Crippen LogP contribution in [-0.4, -0.2) is 24.3 Å². The minimum atomic E-state index is 0.148. The average Bonchev–Trinajstić information content (AvgIpc) is 2.21. The van der Waals surface area contributed by atoms with Gasteiger partial charge < -0.3 is 10.1 Å². The first-order valence-corrected chi connectivity index (χ1v) is 4.59. The maximum Gasteiger partial charge on any atom is 0.0783 e. The highest BCUT2D eigenvalue weighted by molar-refractivity contribution is 4.92. The standard InChI is InChI=1S/C9H17NO/c1-7-5-8-3-4-9(2,11-8)6-10-7/h7-8,10H,3-6H2,1-2H3. The summed E-state index contributed by atoms with van der Waals surface area (Å²) in [5.74, 6) is 0. The quantitative estimate of drug-likeness (QED) is 0.569. The normalized spacial score (nSPS) is 50.7. The van der Waals surface area contributed by atoms with E-state index in [1.807, 2.05) is 0 Å². The Morgan fingerprint density at radius 3 is 3.18 bits per heavy atom. The number of hydrogen-bond acceptors (Lipinski definition) is 2. The molecule has 2 aliphatic heterocycles. The largest absolute Gasteiger partial charge is 0.371 e. The van der Waals surface area contributed by atoms with Gasteiger partial charge in [-0.05, 0) is 33.1 Å². The van der Waals surface area contributed by atoms with Crippen molar-refractivity contribution in [2.24, 2.45) is 0 Å². The molecular weight excluding hydrogens is 138 g/mol. The van der Waals surface area contributed by atoms with E-state index in [1.165, 1.54) is 19.3 Å². The summed E-state index contributed by atoms with van der Waals surface area (Å²) in [7, 11) is 0. The summed E-state index contributed by atoms with van der Waals surface area (Å²) in [6.45, 7) is 5.50. The second-order valence-electron chi connectivity index (χ2n) is 4.25. The van der Waals surface area contributed by atoms with Gasteiger partial charge in [-0.2, -0.15) is 0 Å². The molecule has 64 valence electrons. The summed E-state index contributed by atoms with van der Waals surface area (Å²) in [5, 5.41) is 3.49. The minimum absolute atomic E-state index is 0.148. The Bertz CT molecular complexity index is 160. The van der Waals surface area contributed by atoms with Gasteiger partial charge in [0.1, 0.15) is 0 Å². The molecule has 0 saturated carbocycles. The fourth-order valence-electron chi connectivity index (χ4n) is 2.15. The Morgan fingerprint density at radius 2 is 2.36 bits per heavy atom. The van der Waals surface area contributed by atoms with Crippen LogP contribution in [0.15, 0.2) is 0 Å². The average molecular weight is 155 g/mol. The lowest BCUT2D eigenvalue weighted by molar-refractivity contribution is -0.0160. The second-order valence-corrected chi connectivity index (χ2v) is 4.25. The molecule has 11 heavy (non-hydrogen) atoms. The molecule has 0 aromatic heterocycles. The summed E-state index contributed by atoms with van der Waals surface area (Å²) in [6.07, 6.45) is 4.22. The van der Waals surface area contributed by atoms with Crippen LogP contribution in [0.3, 0.4) is 0 Å². The van der Waals surface area contributed by atoms with E-state index in [-0.39, 0.29) is 5.60 Å². The molecule has 0 radical (unpaired) electrons. The maximum atomic E-state index is 5.92. The number of fused-ring (bicyclic) bond motifs is 2. The molecule has 3 atom stereocenters. The van der Waals surface area contributed by atoms with Gasteiger partial charge in [-0.3, -0.25) is 0 Å². The summed E-state index contributed by atoms with van der Waals surface area (Å²) in [4.78, 5) is 0. The van der Waals surface area contributed by atoms with E-state index in [9.17, 15) is 0 Å². The molecule has 2 rings (SSSR count). The van der Waals surface area contributed by atoms with E-state index >= 15 is 0 Å². The number of ether oxygens (including phenoxy) is 1. The fourth-order valence-corrected chi connectivity index (χ4v) is 2.15. The van der Waals surface area contributed by atoms with E-state index in [4.69, 9.17) is 4.74 Å². The smallest absolute Gasteiger partial charge is 0.0783 e. The molecule has 0 aliphatic carbocycles. The number of nitrogens with one attached hydrogen (secondary N) is 1. The summed E-state index contributed by atoms with van der Waals surface area (Å²) in [6, 6.07) is 0.641.